The molecule has 6 heteroatoms. The van der Waals surface area contributed by atoms with E-state index in [9.17, 15) is 0 Å². The number of hydrogen-bond donors (Lipinski definition) is 2. The summed E-state index contributed by atoms with van der Waals surface area (Å²) in [6, 6.07) is 12.5. The monoisotopic (exact) mass is 311 g/mol. The minimum Gasteiger partial charge on any atom is -0.383 e. The van der Waals surface area contributed by atoms with Gasteiger partial charge in [-0.05, 0) is 43.7 Å². The van der Waals surface area contributed by atoms with Crippen LogP contribution in [0.4, 0.5) is 10.9 Å². The van der Waals surface area contributed by atoms with Crippen LogP contribution in [0.15, 0.2) is 46.9 Å². The molecule has 22 heavy (non-hydrogen) atoms. The van der Waals surface area contributed by atoms with E-state index in [1.54, 1.807) is 11.6 Å². The van der Waals surface area contributed by atoms with Crippen molar-refractivity contribution in [3.05, 3.63) is 58.7 Å². The topological polar surface area (TPSA) is 68.2 Å². The lowest BCUT2D eigenvalue weighted by Gasteiger charge is -2.09. The second kappa shape index (κ2) is 6.03. The molecule has 0 aliphatic carbocycles. The van der Waals surface area contributed by atoms with Crippen LogP contribution in [0.3, 0.4) is 0 Å². The molecule has 0 radical (unpaired) electrons. The summed E-state index contributed by atoms with van der Waals surface area (Å²) in [5.41, 5.74) is 13.0. The second-order valence-electron chi connectivity index (χ2n) is 4.99. The van der Waals surface area contributed by atoms with Crippen LogP contribution in [0.2, 0.25) is 0 Å². The summed E-state index contributed by atoms with van der Waals surface area (Å²) in [5.74, 6) is 0.504. The third-order valence-corrected chi connectivity index (χ3v) is 4.08. The van der Waals surface area contributed by atoms with Crippen molar-refractivity contribution in [2.24, 2.45) is 5.10 Å². The van der Waals surface area contributed by atoms with Gasteiger partial charge in [0.1, 0.15) is 5.82 Å². The highest BCUT2D eigenvalue weighted by atomic mass is 32.1. The normalized spacial score (nSPS) is 11.2. The predicted octanol–water partition coefficient (Wildman–Crippen LogP) is 3.58. The quantitative estimate of drug-likeness (QED) is 0.571. The molecule has 0 fully saturated rings. The highest BCUT2D eigenvalue weighted by Gasteiger charge is 2.03. The second-order valence-corrected chi connectivity index (χ2v) is 5.85. The molecular weight excluding hydrogens is 294 g/mol. The van der Waals surface area contributed by atoms with Crippen LogP contribution in [0.1, 0.15) is 17.0 Å². The van der Waals surface area contributed by atoms with Crippen LogP contribution in [0.25, 0.3) is 5.69 Å². The summed E-state index contributed by atoms with van der Waals surface area (Å²) in [6.45, 7) is 4.21. The molecule has 0 unspecified atom stereocenters. The Morgan fingerprint density at radius 3 is 2.41 bits per heavy atom. The van der Waals surface area contributed by atoms with Gasteiger partial charge in [-0.1, -0.05) is 12.1 Å². The van der Waals surface area contributed by atoms with Crippen LogP contribution in [-0.4, -0.2) is 15.8 Å². The van der Waals surface area contributed by atoms with E-state index in [1.807, 2.05) is 12.1 Å². The highest BCUT2D eigenvalue weighted by Crippen LogP contribution is 2.17. The van der Waals surface area contributed by atoms with Crippen LogP contribution in [0, 0.1) is 13.8 Å². The molecule has 0 amide bonds. The SMILES string of the molecule is Cc1ccc(C)n1-c1ccc(C=NNc2nc(N)cs2)cc1. The van der Waals surface area contributed by atoms with Gasteiger partial charge >= 0.3 is 0 Å². The zero-order valence-electron chi connectivity index (χ0n) is 12.4. The lowest BCUT2D eigenvalue weighted by atomic mass is 10.2. The fraction of sp³-hybridized carbons (Fsp3) is 0.125. The summed E-state index contributed by atoms with van der Waals surface area (Å²) in [4.78, 5) is 4.08. The number of rotatable bonds is 4. The molecule has 3 N–H and O–H groups in total. The largest absolute Gasteiger partial charge is 0.383 e. The minimum absolute atomic E-state index is 0.504. The standard InChI is InChI=1S/C16H17N5S/c1-11-3-4-12(2)21(11)14-7-5-13(6-8-14)9-18-20-16-19-15(17)10-22-16/h3-10H,17H2,1-2H3,(H,19,20). The van der Waals surface area contributed by atoms with Crippen molar-refractivity contribution in [1.82, 2.24) is 9.55 Å². The third kappa shape index (κ3) is 3.01. The number of aryl methyl sites for hydroxylation is 2. The summed E-state index contributed by atoms with van der Waals surface area (Å²) in [7, 11) is 0. The number of nitrogens with two attached hydrogens (primary N) is 1. The maximum Gasteiger partial charge on any atom is 0.205 e. The van der Waals surface area contributed by atoms with E-state index >= 15 is 0 Å². The van der Waals surface area contributed by atoms with Crippen molar-refractivity contribution in [1.29, 1.82) is 0 Å². The van der Waals surface area contributed by atoms with Crippen LogP contribution in [-0.2, 0) is 0 Å². The number of nitrogens with zero attached hydrogens (tertiary/aromatic N) is 3. The fourth-order valence-corrected chi connectivity index (χ4v) is 2.83. The molecule has 2 aromatic heterocycles. The van der Waals surface area contributed by atoms with E-state index < -0.39 is 0 Å². The third-order valence-electron chi connectivity index (χ3n) is 3.32. The molecule has 0 aliphatic heterocycles. The van der Waals surface area contributed by atoms with Gasteiger partial charge in [-0.25, -0.2) is 4.98 Å². The Bertz CT molecular complexity index is 779. The molecular formula is C16H17N5S. The Kier molecular flexibility index (Phi) is 3.93. The smallest absolute Gasteiger partial charge is 0.205 e. The Labute approximate surface area is 133 Å². The van der Waals surface area contributed by atoms with Gasteiger partial charge in [0.05, 0.1) is 6.21 Å². The number of thiazole rings is 1. The number of hydrazone groups is 1. The molecule has 0 spiro atoms. The van der Waals surface area contributed by atoms with Crippen molar-refractivity contribution < 1.29 is 0 Å². The maximum absolute atomic E-state index is 5.55. The number of anilines is 2. The molecule has 3 rings (SSSR count). The number of aromatic nitrogens is 2. The molecule has 0 saturated carbocycles. The lowest BCUT2D eigenvalue weighted by molar-refractivity contribution is 0.966. The van der Waals surface area contributed by atoms with E-state index in [1.165, 1.54) is 22.7 Å². The van der Waals surface area contributed by atoms with Gasteiger partial charge in [0, 0.05) is 22.5 Å². The molecule has 1 aromatic carbocycles. The molecule has 112 valence electrons. The van der Waals surface area contributed by atoms with E-state index in [2.05, 4.69) is 58.2 Å². The van der Waals surface area contributed by atoms with Crippen LogP contribution < -0.4 is 11.2 Å². The molecule has 0 aliphatic rings. The summed E-state index contributed by atoms with van der Waals surface area (Å²) < 4.78 is 2.22. The summed E-state index contributed by atoms with van der Waals surface area (Å²) >= 11 is 1.42. The van der Waals surface area contributed by atoms with E-state index in [0.717, 1.165) is 11.3 Å². The van der Waals surface area contributed by atoms with Crippen LogP contribution in [0.5, 0.6) is 0 Å². The van der Waals surface area contributed by atoms with Crippen molar-refractivity contribution in [2.45, 2.75) is 13.8 Å². The average Bonchev–Trinajstić information content (AvgIpc) is 3.06. The average molecular weight is 311 g/mol. The first kappa shape index (κ1) is 14.3. The van der Waals surface area contributed by atoms with Crippen molar-refractivity contribution in [2.75, 3.05) is 11.2 Å². The van der Waals surface area contributed by atoms with E-state index in [-0.39, 0.29) is 0 Å². The van der Waals surface area contributed by atoms with E-state index in [0.29, 0.717) is 10.9 Å². The van der Waals surface area contributed by atoms with Gasteiger partial charge < -0.3 is 10.3 Å². The molecule has 0 atom stereocenters. The maximum atomic E-state index is 5.55. The lowest BCUT2D eigenvalue weighted by Crippen LogP contribution is -1.98. The van der Waals surface area contributed by atoms with E-state index in [4.69, 9.17) is 5.73 Å². The Balaban J connectivity index is 1.72. The predicted molar refractivity (Wildman–Crippen MR) is 93.0 cm³/mol. The Morgan fingerprint density at radius 1 is 1.14 bits per heavy atom. The van der Waals surface area contributed by atoms with Crippen molar-refractivity contribution in [3.8, 4) is 5.69 Å². The first-order chi connectivity index (χ1) is 10.6. The minimum atomic E-state index is 0.504. The first-order valence-corrected chi connectivity index (χ1v) is 7.77. The number of nitrogen functional groups attached to an aromatic ring is 1. The number of benzene rings is 1. The Hall–Kier alpha value is -2.60. The summed E-state index contributed by atoms with van der Waals surface area (Å²) in [6.07, 6.45) is 1.76. The molecule has 3 aromatic rings. The van der Waals surface area contributed by atoms with Gasteiger partial charge in [0.15, 0.2) is 0 Å². The highest BCUT2D eigenvalue weighted by molar-refractivity contribution is 7.14. The molecule has 5 nitrogen and oxygen atoms in total. The molecule has 0 bridgehead atoms. The van der Waals surface area contributed by atoms with Gasteiger partial charge in [-0.2, -0.15) is 5.10 Å². The molecule has 2 heterocycles. The van der Waals surface area contributed by atoms with Gasteiger partial charge in [-0.3, -0.25) is 5.43 Å². The zero-order chi connectivity index (χ0) is 15.5. The Morgan fingerprint density at radius 2 is 1.82 bits per heavy atom. The molecule has 0 saturated heterocycles. The summed E-state index contributed by atoms with van der Waals surface area (Å²) in [5, 5.41) is 6.62. The first-order valence-electron chi connectivity index (χ1n) is 6.89. The number of nitrogens with one attached hydrogen (secondary N) is 1. The zero-order valence-corrected chi connectivity index (χ0v) is 13.3. The fourth-order valence-electron chi connectivity index (χ4n) is 2.28. The van der Waals surface area contributed by atoms with Gasteiger partial charge in [0.25, 0.3) is 0 Å². The van der Waals surface area contributed by atoms with Crippen LogP contribution >= 0.6 is 11.3 Å². The van der Waals surface area contributed by atoms with Crippen molar-refractivity contribution >= 4 is 28.5 Å². The van der Waals surface area contributed by atoms with Gasteiger partial charge in [0.2, 0.25) is 5.13 Å². The van der Waals surface area contributed by atoms with Crippen molar-refractivity contribution in [3.63, 3.8) is 0 Å². The number of hydrogen-bond acceptors (Lipinski definition) is 5. The van der Waals surface area contributed by atoms with Gasteiger partial charge in [-0.15, -0.1) is 11.3 Å².